The third kappa shape index (κ3) is 24.3. The van der Waals surface area contributed by atoms with Crippen LogP contribution in [0.5, 0.6) is 0 Å². The Morgan fingerprint density at radius 1 is 0.810 bits per heavy atom. The maximum absolute atomic E-state index is 9.90. The van der Waals surface area contributed by atoms with E-state index in [1.54, 1.807) is 0 Å². The van der Waals surface area contributed by atoms with E-state index in [0.29, 0.717) is 32.0 Å². The molecule has 0 aromatic carbocycles. The maximum Gasteiger partial charge on any atom is 0.303 e. The minimum atomic E-state index is -0.870. The predicted molar refractivity (Wildman–Crippen MR) is 80.2 cm³/mol. The zero-order valence-electron chi connectivity index (χ0n) is 13.0. The molecule has 1 unspecified atom stereocenters. The molecule has 6 heteroatoms. The van der Waals surface area contributed by atoms with Gasteiger partial charge in [0.25, 0.3) is 0 Å². The van der Waals surface area contributed by atoms with E-state index in [0.717, 1.165) is 19.3 Å². The fourth-order valence-corrected chi connectivity index (χ4v) is 1.60. The Balaban J connectivity index is 0. The Hall–Kier alpha value is -1.14. The molecule has 0 radical (unpaired) electrons. The summed E-state index contributed by atoms with van der Waals surface area (Å²) in [7, 11) is 0. The third-order valence-corrected chi connectivity index (χ3v) is 2.95. The minimum Gasteiger partial charge on any atom is -0.481 e. The first kappa shape index (κ1) is 22.1. The Bertz CT molecular complexity index is 239. The van der Waals surface area contributed by atoms with Crippen LogP contribution in [0.25, 0.3) is 0 Å². The van der Waals surface area contributed by atoms with E-state index in [4.69, 9.17) is 20.4 Å². The summed E-state index contributed by atoms with van der Waals surface area (Å²) in [5, 5.41) is 33.4. The molecule has 0 aliphatic heterocycles. The van der Waals surface area contributed by atoms with Crippen LogP contribution < -0.4 is 0 Å². The van der Waals surface area contributed by atoms with E-state index < -0.39 is 11.9 Å². The van der Waals surface area contributed by atoms with Crippen LogP contribution in [0, 0.1) is 5.92 Å². The minimum absolute atomic E-state index is 0.0628. The second kappa shape index (κ2) is 16.9. The number of hydrogen-bond donors (Lipinski definition) is 4. The number of aliphatic hydroxyl groups excluding tert-OH is 2. The molecule has 0 rings (SSSR count). The van der Waals surface area contributed by atoms with Crippen molar-refractivity contribution in [2.75, 3.05) is 13.2 Å². The number of rotatable bonds is 12. The highest BCUT2D eigenvalue weighted by atomic mass is 16.4. The molecular weight excluding hydrogens is 276 g/mol. The molecular formula is C15H30O6. The molecule has 0 amide bonds. The Kier molecular flexibility index (Phi) is 17.8. The Labute approximate surface area is 126 Å². The van der Waals surface area contributed by atoms with Crippen LogP contribution in [0.3, 0.4) is 0 Å². The molecule has 0 saturated heterocycles. The lowest BCUT2D eigenvalue weighted by Crippen LogP contribution is -1.99. The summed E-state index contributed by atoms with van der Waals surface area (Å²) in [6.45, 7) is 2.68. The van der Waals surface area contributed by atoms with Crippen molar-refractivity contribution in [1.29, 1.82) is 0 Å². The van der Waals surface area contributed by atoms with Gasteiger partial charge < -0.3 is 20.4 Å². The van der Waals surface area contributed by atoms with Gasteiger partial charge in [0.2, 0.25) is 0 Å². The Morgan fingerprint density at radius 2 is 1.29 bits per heavy atom. The van der Waals surface area contributed by atoms with Crippen molar-refractivity contribution in [2.45, 2.75) is 64.7 Å². The van der Waals surface area contributed by atoms with Crippen molar-refractivity contribution >= 4 is 11.9 Å². The number of unbranched alkanes of at least 4 members (excludes halogenated alkanes) is 4. The lowest BCUT2D eigenvalue weighted by molar-refractivity contribution is -0.139. The van der Waals surface area contributed by atoms with Crippen molar-refractivity contribution < 1.29 is 30.0 Å². The van der Waals surface area contributed by atoms with Crippen LogP contribution in [-0.2, 0) is 9.59 Å². The molecule has 0 aliphatic carbocycles. The van der Waals surface area contributed by atoms with Crippen LogP contribution in [0.1, 0.15) is 64.7 Å². The van der Waals surface area contributed by atoms with E-state index in [1.165, 1.54) is 12.8 Å². The first-order chi connectivity index (χ1) is 9.93. The zero-order chi connectivity index (χ0) is 16.5. The molecule has 21 heavy (non-hydrogen) atoms. The molecule has 0 aromatic heterocycles. The van der Waals surface area contributed by atoms with E-state index >= 15 is 0 Å². The van der Waals surface area contributed by atoms with Crippen molar-refractivity contribution in [1.82, 2.24) is 0 Å². The van der Waals surface area contributed by atoms with E-state index in [-0.39, 0.29) is 12.8 Å². The molecule has 126 valence electrons. The quantitative estimate of drug-likeness (QED) is 0.411. The van der Waals surface area contributed by atoms with Gasteiger partial charge in [-0.15, -0.1) is 0 Å². The maximum atomic E-state index is 9.90. The number of hydrogen-bond acceptors (Lipinski definition) is 4. The van der Waals surface area contributed by atoms with Crippen LogP contribution >= 0.6 is 0 Å². The highest BCUT2D eigenvalue weighted by Crippen LogP contribution is 2.09. The molecule has 1 atom stereocenters. The van der Waals surface area contributed by atoms with Gasteiger partial charge in [0.1, 0.15) is 0 Å². The van der Waals surface area contributed by atoms with E-state index in [9.17, 15) is 9.59 Å². The zero-order valence-corrected chi connectivity index (χ0v) is 13.0. The summed E-state index contributed by atoms with van der Waals surface area (Å²) < 4.78 is 0. The number of aliphatic hydroxyl groups is 2. The average Bonchev–Trinajstić information content (AvgIpc) is 2.43. The summed E-state index contributed by atoms with van der Waals surface area (Å²) in [4.78, 5) is 19.8. The lowest BCUT2D eigenvalue weighted by atomic mass is 10.0. The molecule has 0 heterocycles. The number of carbonyl (C=O) groups is 2. The van der Waals surface area contributed by atoms with Gasteiger partial charge in [-0.25, -0.2) is 0 Å². The second-order valence-electron chi connectivity index (χ2n) is 5.21. The van der Waals surface area contributed by atoms with Crippen LogP contribution in [0.4, 0.5) is 0 Å². The highest BCUT2D eigenvalue weighted by molar-refractivity contribution is 5.67. The van der Waals surface area contributed by atoms with Gasteiger partial charge in [-0.1, -0.05) is 26.2 Å². The van der Waals surface area contributed by atoms with Crippen LogP contribution in [-0.4, -0.2) is 45.6 Å². The van der Waals surface area contributed by atoms with Crippen molar-refractivity contribution in [3.63, 3.8) is 0 Å². The summed E-state index contributed by atoms with van der Waals surface area (Å²) in [6, 6.07) is 0. The monoisotopic (exact) mass is 306 g/mol. The van der Waals surface area contributed by atoms with Gasteiger partial charge in [0, 0.05) is 26.1 Å². The number of aliphatic carboxylic acids is 2. The van der Waals surface area contributed by atoms with Crippen LogP contribution in [0.15, 0.2) is 0 Å². The average molecular weight is 306 g/mol. The SMILES string of the molecule is CC(CO)CCCCCCO.O=C(O)CCCCC(=O)O. The summed E-state index contributed by atoms with van der Waals surface area (Å²) in [5.74, 6) is -1.29. The molecule has 4 N–H and O–H groups in total. The fraction of sp³-hybridized carbons (Fsp3) is 0.867. The fourth-order valence-electron chi connectivity index (χ4n) is 1.60. The van der Waals surface area contributed by atoms with Crippen molar-refractivity contribution in [2.24, 2.45) is 5.92 Å². The van der Waals surface area contributed by atoms with E-state index in [1.807, 2.05) is 0 Å². The highest BCUT2D eigenvalue weighted by Gasteiger charge is 1.99. The molecule has 0 fully saturated rings. The largest absolute Gasteiger partial charge is 0.481 e. The molecule has 0 aliphatic rings. The van der Waals surface area contributed by atoms with Gasteiger partial charge in [0.15, 0.2) is 0 Å². The molecule has 0 aromatic rings. The number of carboxylic acids is 2. The topological polar surface area (TPSA) is 115 Å². The van der Waals surface area contributed by atoms with Gasteiger partial charge in [-0.3, -0.25) is 9.59 Å². The molecule has 0 spiro atoms. The summed E-state index contributed by atoms with van der Waals surface area (Å²) in [5.41, 5.74) is 0. The van der Waals surface area contributed by atoms with E-state index in [2.05, 4.69) is 6.92 Å². The normalized spacial score (nSPS) is 11.4. The van der Waals surface area contributed by atoms with Crippen molar-refractivity contribution in [3.8, 4) is 0 Å². The van der Waals surface area contributed by atoms with Gasteiger partial charge in [0.05, 0.1) is 0 Å². The molecule has 6 nitrogen and oxygen atoms in total. The van der Waals surface area contributed by atoms with Crippen molar-refractivity contribution in [3.05, 3.63) is 0 Å². The Morgan fingerprint density at radius 3 is 1.67 bits per heavy atom. The second-order valence-corrected chi connectivity index (χ2v) is 5.21. The number of carboxylic acid groups (broad SMARTS) is 2. The predicted octanol–water partition coefficient (Wildman–Crippen LogP) is 2.27. The summed E-state index contributed by atoms with van der Waals surface area (Å²) in [6.07, 6.45) is 6.54. The first-order valence-corrected chi connectivity index (χ1v) is 7.59. The first-order valence-electron chi connectivity index (χ1n) is 7.59. The smallest absolute Gasteiger partial charge is 0.303 e. The lowest BCUT2D eigenvalue weighted by Gasteiger charge is -2.05. The van der Waals surface area contributed by atoms with Gasteiger partial charge in [-0.2, -0.15) is 0 Å². The standard InChI is InChI=1S/C9H20O2.C6H10O4/c1-9(8-11)6-4-2-3-5-7-10;7-5(8)3-1-2-4-6(9)10/h9-11H,2-8H2,1H3;1-4H2,(H,7,8)(H,9,10). The van der Waals surface area contributed by atoms with Crippen LogP contribution in [0.2, 0.25) is 0 Å². The molecule has 0 saturated carbocycles. The third-order valence-electron chi connectivity index (χ3n) is 2.95. The molecule has 0 bridgehead atoms. The van der Waals surface area contributed by atoms with Gasteiger partial charge in [-0.05, 0) is 31.6 Å². The summed E-state index contributed by atoms with van der Waals surface area (Å²) >= 11 is 0. The van der Waals surface area contributed by atoms with Gasteiger partial charge >= 0.3 is 11.9 Å².